The molecule has 0 aliphatic heterocycles. The molecule has 0 bridgehead atoms. The van der Waals surface area contributed by atoms with Gasteiger partial charge in [0, 0.05) is 6.04 Å². The van der Waals surface area contributed by atoms with E-state index in [1.807, 2.05) is 0 Å². The molecule has 0 radical (unpaired) electrons. The zero-order valence-electron chi connectivity index (χ0n) is 11.9. The summed E-state index contributed by atoms with van der Waals surface area (Å²) in [5.74, 6) is -0.432. The largest absolute Gasteiger partial charge is 0.435 e. The van der Waals surface area contributed by atoms with Crippen LogP contribution >= 0.6 is 0 Å². The lowest BCUT2D eigenvalue weighted by Crippen LogP contribution is -2.53. The molecule has 1 unspecified atom stereocenters. The fourth-order valence-corrected chi connectivity index (χ4v) is 2.74. The molecule has 6 heteroatoms. The van der Waals surface area contributed by atoms with E-state index in [2.05, 4.69) is 10.1 Å². The maximum absolute atomic E-state index is 12.1. The van der Waals surface area contributed by atoms with Gasteiger partial charge in [-0.15, -0.1) is 0 Å². The smallest absolute Gasteiger partial charge is 0.387 e. The number of hydrogen-bond acceptors (Lipinski definition) is 3. The minimum absolute atomic E-state index is 0.0569. The van der Waals surface area contributed by atoms with Gasteiger partial charge >= 0.3 is 6.61 Å². The summed E-state index contributed by atoms with van der Waals surface area (Å²) in [5, 5.41) is 3.30. The third kappa shape index (κ3) is 3.69. The molecule has 2 rings (SSSR count). The van der Waals surface area contributed by atoms with Crippen molar-refractivity contribution < 1.29 is 18.3 Å². The molecule has 21 heavy (non-hydrogen) atoms. The summed E-state index contributed by atoms with van der Waals surface area (Å²) < 4.78 is 28.6. The third-order valence-electron chi connectivity index (χ3n) is 4.00. The Morgan fingerprint density at radius 1 is 1.33 bits per heavy atom. The van der Waals surface area contributed by atoms with Crippen molar-refractivity contribution in [2.45, 2.75) is 50.8 Å². The number of hydrogen-bond donors (Lipinski definition) is 2. The van der Waals surface area contributed by atoms with Crippen LogP contribution < -0.4 is 15.8 Å². The van der Waals surface area contributed by atoms with Crippen LogP contribution in [0.25, 0.3) is 0 Å². The van der Waals surface area contributed by atoms with Crippen LogP contribution in [0.1, 0.15) is 38.2 Å². The zero-order valence-corrected chi connectivity index (χ0v) is 11.9. The molecule has 1 aromatic carbocycles. The van der Waals surface area contributed by atoms with Gasteiger partial charge in [0.15, 0.2) is 0 Å². The van der Waals surface area contributed by atoms with E-state index in [0.717, 1.165) is 25.7 Å². The molecule has 0 aromatic heterocycles. The summed E-state index contributed by atoms with van der Waals surface area (Å²) >= 11 is 0. The lowest BCUT2D eigenvalue weighted by Gasteiger charge is -2.31. The Kier molecular flexibility index (Phi) is 4.77. The van der Waals surface area contributed by atoms with Gasteiger partial charge in [-0.1, -0.05) is 25.0 Å². The molecule has 1 atom stereocenters. The molecule has 116 valence electrons. The molecule has 4 nitrogen and oxygen atoms in total. The molecule has 1 aliphatic carbocycles. The van der Waals surface area contributed by atoms with Crippen LogP contribution in [0.5, 0.6) is 5.75 Å². The first-order valence-electron chi connectivity index (χ1n) is 7.05. The SMILES string of the molecule is CC(NC1CCCC1)(C(N)=O)c1ccc(OC(F)F)cc1. The molecular formula is C15H20F2N2O2. The van der Waals surface area contributed by atoms with Crippen molar-refractivity contribution in [3.05, 3.63) is 29.8 Å². The van der Waals surface area contributed by atoms with Crippen LogP contribution in [-0.2, 0) is 10.3 Å². The Bertz CT molecular complexity index is 487. The number of ether oxygens (including phenoxy) is 1. The van der Waals surface area contributed by atoms with Crippen molar-refractivity contribution in [2.24, 2.45) is 5.73 Å². The van der Waals surface area contributed by atoms with E-state index < -0.39 is 18.1 Å². The fraction of sp³-hybridized carbons (Fsp3) is 0.533. The highest BCUT2D eigenvalue weighted by Gasteiger charge is 2.36. The number of amides is 1. The summed E-state index contributed by atoms with van der Waals surface area (Å²) in [7, 11) is 0. The number of rotatable bonds is 6. The van der Waals surface area contributed by atoms with Gasteiger partial charge < -0.3 is 10.5 Å². The number of nitrogens with one attached hydrogen (secondary N) is 1. The van der Waals surface area contributed by atoms with Crippen LogP contribution in [0.2, 0.25) is 0 Å². The minimum Gasteiger partial charge on any atom is -0.435 e. The Morgan fingerprint density at radius 2 is 1.90 bits per heavy atom. The van der Waals surface area contributed by atoms with Crippen molar-refractivity contribution in [1.29, 1.82) is 0 Å². The molecule has 0 saturated heterocycles. The second-order valence-corrected chi connectivity index (χ2v) is 5.52. The number of benzene rings is 1. The first-order chi connectivity index (χ1) is 9.91. The van der Waals surface area contributed by atoms with Crippen molar-refractivity contribution in [1.82, 2.24) is 5.32 Å². The second-order valence-electron chi connectivity index (χ2n) is 5.52. The molecule has 1 fully saturated rings. The van der Waals surface area contributed by atoms with Crippen LogP contribution in [0, 0.1) is 0 Å². The van der Waals surface area contributed by atoms with Crippen molar-refractivity contribution in [2.75, 3.05) is 0 Å². The summed E-state index contributed by atoms with van der Waals surface area (Å²) in [6.45, 7) is -1.15. The van der Waals surface area contributed by atoms with Gasteiger partial charge in [0.2, 0.25) is 5.91 Å². The lowest BCUT2D eigenvalue weighted by molar-refractivity contribution is -0.124. The van der Waals surface area contributed by atoms with Crippen molar-refractivity contribution in [3.63, 3.8) is 0 Å². The minimum atomic E-state index is -2.87. The van der Waals surface area contributed by atoms with Gasteiger partial charge in [0.05, 0.1) is 0 Å². The van der Waals surface area contributed by atoms with Crippen LogP contribution in [0.3, 0.4) is 0 Å². The molecule has 1 amide bonds. The first kappa shape index (κ1) is 15.7. The summed E-state index contributed by atoms with van der Waals surface area (Å²) in [5.41, 5.74) is 5.17. The number of halogens is 2. The lowest BCUT2D eigenvalue weighted by atomic mass is 9.90. The first-order valence-corrected chi connectivity index (χ1v) is 7.05. The molecule has 0 spiro atoms. The fourth-order valence-electron chi connectivity index (χ4n) is 2.74. The predicted molar refractivity (Wildman–Crippen MR) is 75.0 cm³/mol. The highest BCUT2D eigenvalue weighted by Crippen LogP contribution is 2.28. The monoisotopic (exact) mass is 298 g/mol. The van der Waals surface area contributed by atoms with Gasteiger partial charge in [0.25, 0.3) is 0 Å². The maximum atomic E-state index is 12.1. The Morgan fingerprint density at radius 3 is 2.38 bits per heavy atom. The summed E-state index contributed by atoms with van der Waals surface area (Å²) in [6, 6.07) is 6.26. The molecule has 1 saturated carbocycles. The summed E-state index contributed by atoms with van der Waals surface area (Å²) in [6.07, 6.45) is 4.28. The van der Waals surface area contributed by atoms with Crippen molar-refractivity contribution >= 4 is 5.91 Å². The normalized spacial score (nSPS) is 18.7. The zero-order chi connectivity index (χ0) is 15.5. The van der Waals surface area contributed by atoms with Crippen LogP contribution in [0.4, 0.5) is 8.78 Å². The van der Waals surface area contributed by atoms with E-state index in [1.54, 1.807) is 19.1 Å². The number of alkyl halides is 2. The van der Waals surface area contributed by atoms with E-state index >= 15 is 0 Å². The highest BCUT2D eigenvalue weighted by molar-refractivity contribution is 5.85. The van der Waals surface area contributed by atoms with Crippen LogP contribution in [0.15, 0.2) is 24.3 Å². The Labute approximate surface area is 122 Å². The van der Waals surface area contributed by atoms with Gasteiger partial charge in [-0.25, -0.2) is 0 Å². The standard InChI is InChI=1S/C15H20F2N2O2/c1-15(13(18)20,19-11-4-2-3-5-11)10-6-8-12(9-7-10)21-14(16)17/h6-9,11,14,19H,2-5H2,1H3,(H2,18,20). The topological polar surface area (TPSA) is 64.3 Å². The number of nitrogens with two attached hydrogens (primary N) is 1. The van der Waals surface area contributed by atoms with E-state index in [1.165, 1.54) is 12.1 Å². The number of primary amides is 1. The Hall–Kier alpha value is -1.69. The second kappa shape index (κ2) is 6.39. The maximum Gasteiger partial charge on any atom is 0.387 e. The Balaban J connectivity index is 2.18. The molecule has 1 aliphatic rings. The van der Waals surface area contributed by atoms with E-state index in [9.17, 15) is 13.6 Å². The van der Waals surface area contributed by atoms with Gasteiger partial charge in [-0.2, -0.15) is 8.78 Å². The summed E-state index contributed by atoms with van der Waals surface area (Å²) in [4.78, 5) is 11.9. The van der Waals surface area contributed by atoms with Crippen LogP contribution in [-0.4, -0.2) is 18.6 Å². The molecule has 1 aromatic rings. The molecule has 0 heterocycles. The van der Waals surface area contributed by atoms with Gasteiger partial charge in [0.1, 0.15) is 11.3 Å². The van der Waals surface area contributed by atoms with E-state index in [-0.39, 0.29) is 11.8 Å². The quantitative estimate of drug-likeness (QED) is 0.848. The third-order valence-corrected chi connectivity index (χ3v) is 4.00. The molecule has 3 N–H and O–H groups in total. The molecular weight excluding hydrogens is 278 g/mol. The number of carbonyl (C=O) groups excluding carboxylic acids is 1. The average Bonchev–Trinajstić information content (AvgIpc) is 2.91. The highest BCUT2D eigenvalue weighted by atomic mass is 19.3. The van der Waals surface area contributed by atoms with Crippen molar-refractivity contribution in [3.8, 4) is 5.75 Å². The predicted octanol–water partition coefficient (Wildman–Crippen LogP) is 2.52. The van der Waals surface area contributed by atoms with Gasteiger partial charge in [-0.05, 0) is 37.5 Å². The van der Waals surface area contributed by atoms with Gasteiger partial charge in [-0.3, -0.25) is 10.1 Å². The number of carbonyl (C=O) groups is 1. The average molecular weight is 298 g/mol. The van der Waals surface area contributed by atoms with E-state index in [4.69, 9.17) is 5.73 Å². The van der Waals surface area contributed by atoms with E-state index in [0.29, 0.717) is 5.56 Å².